The van der Waals surface area contributed by atoms with Gasteiger partial charge in [0.2, 0.25) is 0 Å². The highest BCUT2D eigenvalue weighted by Crippen LogP contribution is 2.46. The molecule has 0 aliphatic heterocycles. The summed E-state index contributed by atoms with van der Waals surface area (Å²) in [6.07, 6.45) is 0. The molecule has 0 spiro atoms. The van der Waals surface area contributed by atoms with Crippen LogP contribution in [0.3, 0.4) is 0 Å². The van der Waals surface area contributed by atoms with Gasteiger partial charge in [0.25, 0.3) is 0 Å². The first-order valence-corrected chi connectivity index (χ1v) is 24.9. The molecule has 6 heteroatoms. The molecule has 4 aromatic heterocycles. The molecule has 0 atom stereocenters. The Balaban J connectivity index is 0.00000244. The summed E-state index contributed by atoms with van der Waals surface area (Å²) in [6, 6.07) is 81.2. The third kappa shape index (κ3) is 6.76. The molecular weight excluding hydrogens is 893 g/mol. The Labute approximate surface area is 420 Å². The highest BCUT2D eigenvalue weighted by Gasteiger charge is 2.23. The number of nitrogens with zero attached hydrogens (tertiary/aromatic N) is 4. The van der Waals surface area contributed by atoms with Gasteiger partial charge < -0.3 is 13.4 Å². The van der Waals surface area contributed by atoms with Gasteiger partial charge in [-0.15, -0.1) is 0 Å². The second kappa shape index (κ2) is 17.0. The highest BCUT2D eigenvalue weighted by atomic mass is 16.3. The molecule has 11 aromatic carbocycles. The van der Waals surface area contributed by atoms with Crippen molar-refractivity contribution in [3.8, 4) is 62.1 Å². The Hall–Kier alpha value is -9.65. The lowest BCUT2D eigenvalue weighted by atomic mass is 9.94. The fourth-order valence-electron chi connectivity index (χ4n) is 11.1. The van der Waals surface area contributed by atoms with Crippen LogP contribution in [0.2, 0.25) is 0 Å². The van der Waals surface area contributed by atoms with Crippen LogP contribution in [-0.2, 0) is 0 Å². The maximum atomic E-state index is 6.36. The molecule has 15 aromatic rings. The van der Waals surface area contributed by atoms with Crippen molar-refractivity contribution in [3.63, 3.8) is 0 Å². The zero-order valence-corrected chi connectivity index (χ0v) is 40.0. The number of rotatable bonds is 6. The van der Waals surface area contributed by atoms with Crippen molar-refractivity contribution in [2.45, 2.75) is 13.8 Å². The Bertz CT molecular complexity index is 4660. The molecule has 0 N–H and O–H groups in total. The van der Waals surface area contributed by atoms with Crippen LogP contribution in [-0.4, -0.2) is 19.5 Å². The van der Waals surface area contributed by atoms with Gasteiger partial charge in [0.05, 0.1) is 11.0 Å². The molecule has 0 radical (unpaired) electrons. The van der Waals surface area contributed by atoms with Crippen LogP contribution in [0.15, 0.2) is 239 Å². The number of aromatic nitrogens is 4. The molecule has 0 bridgehead atoms. The van der Waals surface area contributed by atoms with E-state index in [-0.39, 0.29) is 0 Å². The average molecular weight is 937 g/mol. The molecule has 0 unspecified atom stereocenters. The fourth-order valence-corrected chi connectivity index (χ4v) is 11.1. The Morgan fingerprint density at radius 3 is 1.56 bits per heavy atom. The summed E-state index contributed by atoms with van der Waals surface area (Å²) >= 11 is 0. The largest absolute Gasteiger partial charge is 0.456 e. The predicted octanol–water partition coefficient (Wildman–Crippen LogP) is 18.4. The van der Waals surface area contributed by atoms with Crippen molar-refractivity contribution in [2.75, 3.05) is 0 Å². The van der Waals surface area contributed by atoms with Crippen LogP contribution in [0, 0.1) is 0 Å². The van der Waals surface area contributed by atoms with Crippen LogP contribution in [0.4, 0.5) is 0 Å². The van der Waals surface area contributed by atoms with Crippen LogP contribution >= 0.6 is 0 Å². The van der Waals surface area contributed by atoms with Gasteiger partial charge in [-0.2, -0.15) is 0 Å². The molecule has 0 saturated heterocycles. The number of benzene rings is 11. The van der Waals surface area contributed by atoms with Crippen LogP contribution in [0.1, 0.15) is 13.8 Å². The van der Waals surface area contributed by atoms with Crippen molar-refractivity contribution in [3.05, 3.63) is 231 Å². The lowest BCUT2D eigenvalue weighted by Crippen LogP contribution is -2.01. The quantitative estimate of drug-likeness (QED) is 0.155. The average Bonchev–Trinajstić information content (AvgIpc) is 4.16. The number of fused-ring (bicyclic) bond motifs is 14. The van der Waals surface area contributed by atoms with E-state index in [1.807, 2.05) is 80.6 Å². The summed E-state index contributed by atoms with van der Waals surface area (Å²) in [5.41, 5.74) is 13.8. The molecule has 0 amide bonds. The van der Waals surface area contributed by atoms with Gasteiger partial charge in [0, 0.05) is 65.6 Å². The number of furan rings is 2. The normalized spacial score (nSPS) is 11.7. The van der Waals surface area contributed by atoms with Crippen LogP contribution in [0.5, 0.6) is 0 Å². The van der Waals surface area contributed by atoms with Crippen molar-refractivity contribution in [1.29, 1.82) is 0 Å². The highest BCUT2D eigenvalue weighted by molar-refractivity contribution is 6.33. The summed E-state index contributed by atoms with van der Waals surface area (Å²) in [4.78, 5) is 15.6. The Morgan fingerprint density at radius 2 is 0.781 bits per heavy atom. The van der Waals surface area contributed by atoms with Crippen LogP contribution < -0.4 is 0 Å². The first-order chi connectivity index (χ1) is 36.2. The molecule has 0 aliphatic carbocycles. The van der Waals surface area contributed by atoms with E-state index >= 15 is 0 Å². The maximum absolute atomic E-state index is 6.36. The third-order valence-corrected chi connectivity index (χ3v) is 14.2. The standard InChI is InChI=1S/C65H38N4O2.C2H6/c1-2-16-39(17-3-1)63-66-64(68-65(67-63)43-34-35-50-49-24-8-10-31-55(49)71-58(50)38-43)42-20-13-21-44(37-42)69-61-46(29-14-30-54(61)60-51-25-6-4-22-47(51)48-23-5-7-26-52(48)62(60)69)41-19-12-18-40(36-41)45-28-15-33-57-59(45)53-27-9-11-32-56(53)70-57;1-2/h1-38H;1-2H3. The van der Waals surface area contributed by atoms with Gasteiger partial charge in [-0.1, -0.05) is 196 Å². The van der Waals surface area contributed by atoms with E-state index in [1.54, 1.807) is 0 Å². The van der Waals surface area contributed by atoms with Crippen molar-refractivity contribution < 1.29 is 8.83 Å². The lowest BCUT2D eigenvalue weighted by molar-refractivity contribution is 0.668. The van der Waals surface area contributed by atoms with E-state index in [2.05, 4.69) is 168 Å². The van der Waals surface area contributed by atoms with E-state index in [0.717, 1.165) is 99.5 Å². The summed E-state index contributed by atoms with van der Waals surface area (Å²) in [6.45, 7) is 4.00. The van der Waals surface area contributed by atoms with E-state index in [0.29, 0.717) is 17.5 Å². The Morgan fingerprint density at radius 1 is 0.288 bits per heavy atom. The summed E-state index contributed by atoms with van der Waals surface area (Å²) < 4.78 is 15.2. The molecule has 4 heterocycles. The molecular formula is C67H44N4O2. The second-order valence-electron chi connectivity index (χ2n) is 18.2. The number of hydrogen-bond donors (Lipinski definition) is 0. The van der Waals surface area contributed by atoms with Crippen molar-refractivity contribution in [2.24, 2.45) is 0 Å². The van der Waals surface area contributed by atoms with E-state index < -0.39 is 0 Å². The minimum atomic E-state index is 0.567. The molecule has 344 valence electrons. The third-order valence-electron chi connectivity index (χ3n) is 14.2. The van der Waals surface area contributed by atoms with E-state index in [4.69, 9.17) is 23.8 Å². The number of para-hydroxylation sites is 3. The molecule has 73 heavy (non-hydrogen) atoms. The molecule has 15 rings (SSSR count). The Kier molecular flexibility index (Phi) is 9.86. The SMILES string of the molecule is CC.c1ccc(-c2nc(-c3cccc(-n4c5c(-c6cccc(-c7cccc8oc9ccccc9c78)c6)cccc5c5c6ccccc6c6ccccc6c54)c3)nc(-c3ccc4c(c3)oc3ccccc34)n2)cc1. The van der Waals surface area contributed by atoms with Gasteiger partial charge in [-0.05, 0) is 81.4 Å². The fraction of sp³-hybridized carbons (Fsp3) is 0.0299. The molecule has 0 fully saturated rings. The first kappa shape index (κ1) is 42.2. The number of hydrogen-bond acceptors (Lipinski definition) is 5. The molecule has 0 aliphatic rings. The topological polar surface area (TPSA) is 69.9 Å². The smallest absolute Gasteiger partial charge is 0.164 e. The molecule has 0 saturated carbocycles. The van der Waals surface area contributed by atoms with E-state index in [9.17, 15) is 0 Å². The van der Waals surface area contributed by atoms with Crippen molar-refractivity contribution in [1.82, 2.24) is 19.5 Å². The predicted molar refractivity (Wildman–Crippen MR) is 302 cm³/mol. The summed E-state index contributed by atoms with van der Waals surface area (Å²) in [5, 5.41) is 11.6. The van der Waals surface area contributed by atoms with Crippen molar-refractivity contribution >= 4 is 87.2 Å². The van der Waals surface area contributed by atoms with Gasteiger partial charge >= 0.3 is 0 Å². The van der Waals surface area contributed by atoms with Crippen LogP contribution in [0.25, 0.3) is 149 Å². The zero-order valence-electron chi connectivity index (χ0n) is 40.0. The first-order valence-electron chi connectivity index (χ1n) is 24.9. The summed E-state index contributed by atoms with van der Waals surface area (Å²) in [5.74, 6) is 1.74. The van der Waals surface area contributed by atoms with E-state index in [1.165, 1.54) is 32.3 Å². The summed E-state index contributed by atoms with van der Waals surface area (Å²) in [7, 11) is 0. The minimum Gasteiger partial charge on any atom is -0.456 e. The van der Waals surface area contributed by atoms with Gasteiger partial charge in [0.1, 0.15) is 22.3 Å². The molecule has 6 nitrogen and oxygen atoms in total. The maximum Gasteiger partial charge on any atom is 0.164 e. The second-order valence-corrected chi connectivity index (χ2v) is 18.2. The monoisotopic (exact) mass is 936 g/mol. The zero-order chi connectivity index (χ0) is 48.6. The van der Waals surface area contributed by atoms with Gasteiger partial charge in [-0.25, -0.2) is 15.0 Å². The van der Waals surface area contributed by atoms with Gasteiger partial charge in [-0.3, -0.25) is 0 Å². The minimum absolute atomic E-state index is 0.567. The lowest BCUT2D eigenvalue weighted by Gasteiger charge is -2.15. The van der Waals surface area contributed by atoms with Gasteiger partial charge in [0.15, 0.2) is 17.5 Å².